The molecule has 0 fully saturated rings. The van der Waals surface area contributed by atoms with Gasteiger partial charge in [0.15, 0.2) is 17.8 Å². The number of benzene rings is 1. The van der Waals surface area contributed by atoms with Gasteiger partial charge in [-0.2, -0.15) is 0 Å². The van der Waals surface area contributed by atoms with Gasteiger partial charge in [0.05, 0.1) is 12.7 Å². The highest BCUT2D eigenvalue weighted by Crippen LogP contribution is 2.42. The third-order valence-corrected chi connectivity index (χ3v) is 8.34. The molecule has 0 amide bonds. The van der Waals surface area contributed by atoms with E-state index in [2.05, 4.69) is 49.8 Å². The Kier molecular flexibility index (Phi) is 4.85. The van der Waals surface area contributed by atoms with Crippen molar-refractivity contribution in [3.05, 3.63) is 22.2 Å². The van der Waals surface area contributed by atoms with Crippen molar-refractivity contribution in [1.82, 2.24) is 0 Å². The number of methoxy groups -OCH3 is 1. The fourth-order valence-corrected chi connectivity index (χ4v) is 2.83. The van der Waals surface area contributed by atoms with E-state index < -0.39 is 8.32 Å². The van der Waals surface area contributed by atoms with E-state index in [9.17, 15) is 4.79 Å². The number of ether oxygens (including phenoxy) is 1. The molecule has 0 radical (unpaired) electrons. The Hall–Kier alpha value is -0.813. The van der Waals surface area contributed by atoms with Crippen LogP contribution in [-0.4, -0.2) is 21.7 Å². The van der Waals surface area contributed by atoms with E-state index in [4.69, 9.17) is 9.16 Å². The Labute approximate surface area is 124 Å². The Bertz CT molecular complexity index is 478. The number of hydrogen-bond acceptors (Lipinski definition) is 3. The van der Waals surface area contributed by atoms with Crippen LogP contribution in [0.3, 0.4) is 0 Å². The van der Waals surface area contributed by atoms with Crippen LogP contribution in [0.2, 0.25) is 18.1 Å². The fraction of sp³-hybridized carbons (Fsp3) is 0.500. The summed E-state index contributed by atoms with van der Waals surface area (Å²) in [7, 11) is -0.434. The van der Waals surface area contributed by atoms with Gasteiger partial charge in [-0.3, -0.25) is 4.79 Å². The first-order chi connectivity index (χ1) is 8.62. The van der Waals surface area contributed by atoms with Crippen molar-refractivity contribution in [2.45, 2.75) is 38.9 Å². The average molecular weight is 345 g/mol. The summed E-state index contributed by atoms with van der Waals surface area (Å²) in [5.41, 5.74) is 0.510. The lowest BCUT2D eigenvalue weighted by Gasteiger charge is -2.37. The second-order valence-electron chi connectivity index (χ2n) is 6.01. The van der Waals surface area contributed by atoms with Crippen molar-refractivity contribution in [2.75, 3.05) is 7.11 Å². The van der Waals surface area contributed by atoms with Crippen molar-refractivity contribution in [1.29, 1.82) is 0 Å². The molecule has 0 saturated carbocycles. The molecule has 0 bridgehead atoms. The molecule has 19 heavy (non-hydrogen) atoms. The van der Waals surface area contributed by atoms with E-state index in [0.717, 1.165) is 10.8 Å². The zero-order valence-corrected chi connectivity index (χ0v) is 14.9. The van der Waals surface area contributed by atoms with Crippen LogP contribution >= 0.6 is 15.9 Å². The highest BCUT2D eigenvalue weighted by atomic mass is 79.9. The van der Waals surface area contributed by atoms with Gasteiger partial charge in [0, 0.05) is 4.47 Å². The maximum Gasteiger partial charge on any atom is 0.250 e. The summed E-state index contributed by atoms with van der Waals surface area (Å²) in [6, 6.07) is 3.56. The quantitative estimate of drug-likeness (QED) is 0.588. The third-order valence-electron chi connectivity index (χ3n) is 3.56. The summed E-state index contributed by atoms with van der Waals surface area (Å²) in [6.45, 7) is 10.8. The van der Waals surface area contributed by atoms with Gasteiger partial charge in [0.25, 0.3) is 8.32 Å². The minimum absolute atomic E-state index is 0.0608. The summed E-state index contributed by atoms with van der Waals surface area (Å²) in [4.78, 5) is 11.2. The van der Waals surface area contributed by atoms with E-state index in [-0.39, 0.29) is 5.04 Å². The van der Waals surface area contributed by atoms with Gasteiger partial charge in [0.2, 0.25) is 0 Å². The van der Waals surface area contributed by atoms with Crippen LogP contribution in [0.4, 0.5) is 0 Å². The molecule has 1 aromatic rings. The number of rotatable bonds is 4. The van der Waals surface area contributed by atoms with E-state index in [1.165, 1.54) is 0 Å². The van der Waals surface area contributed by atoms with Crippen LogP contribution in [0.15, 0.2) is 16.6 Å². The fourth-order valence-electron chi connectivity index (χ4n) is 1.35. The summed E-state index contributed by atoms with van der Waals surface area (Å²) < 4.78 is 12.4. The molecule has 1 aromatic carbocycles. The van der Waals surface area contributed by atoms with Gasteiger partial charge in [-0.25, -0.2) is 0 Å². The van der Waals surface area contributed by atoms with Gasteiger partial charge < -0.3 is 9.16 Å². The third kappa shape index (κ3) is 3.60. The topological polar surface area (TPSA) is 35.5 Å². The lowest BCUT2D eigenvalue weighted by atomic mass is 10.2. The molecule has 0 N–H and O–H groups in total. The van der Waals surface area contributed by atoms with Gasteiger partial charge >= 0.3 is 0 Å². The Morgan fingerprint density at radius 2 is 1.84 bits per heavy atom. The first kappa shape index (κ1) is 16.2. The minimum Gasteiger partial charge on any atom is -0.541 e. The standard InChI is InChI=1S/C14H21BrO3Si/c1-14(2,3)19(5,6)18-13-10(9-16)7-11(15)8-12(13)17-4/h7-9H,1-6H3. The zero-order valence-electron chi connectivity index (χ0n) is 12.3. The number of carbonyl (C=O) groups is 1. The van der Waals surface area contributed by atoms with Gasteiger partial charge in [-0.15, -0.1) is 0 Å². The maximum atomic E-state index is 11.2. The molecule has 5 heteroatoms. The molecule has 0 aliphatic heterocycles. The molecule has 106 valence electrons. The number of hydrogen-bond donors (Lipinski definition) is 0. The Morgan fingerprint density at radius 3 is 2.26 bits per heavy atom. The Balaban J connectivity index is 3.31. The number of halogens is 1. The zero-order chi connectivity index (χ0) is 14.8. The molecule has 0 spiro atoms. The molecular formula is C14H21BrO3Si. The van der Waals surface area contributed by atoms with Crippen LogP contribution in [0.1, 0.15) is 31.1 Å². The van der Waals surface area contributed by atoms with Crippen molar-refractivity contribution >= 4 is 30.5 Å². The van der Waals surface area contributed by atoms with Gasteiger partial charge in [0.1, 0.15) is 0 Å². The monoisotopic (exact) mass is 344 g/mol. The van der Waals surface area contributed by atoms with Crippen LogP contribution in [-0.2, 0) is 0 Å². The number of aldehydes is 1. The summed E-state index contributed by atoms with van der Waals surface area (Å²) in [5.74, 6) is 1.13. The summed E-state index contributed by atoms with van der Waals surface area (Å²) >= 11 is 3.36. The molecule has 0 aliphatic rings. The normalized spacial score (nSPS) is 12.2. The first-order valence-corrected chi connectivity index (χ1v) is 9.84. The largest absolute Gasteiger partial charge is 0.541 e. The van der Waals surface area contributed by atoms with E-state index >= 15 is 0 Å². The van der Waals surface area contributed by atoms with Gasteiger partial charge in [-0.1, -0.05) is 36.7 Å². The molecule has 1 rings (SSSR count). The highest BCUT2D eigenvalue weighted by molar-refractivity contribution is 9.10. The van der Waals surface area contributed by atoms with E-state index in [1.807, 2.05) is 6.07 Å². The number of carbonyl (C=O) groups excluding carboxylic acids is 1. The maximum absolute atomic E-state index is 11.2. The van der Waals surface area contributed by atoms with Gasteiger partial charge in [-0.05, 0) is 30.3 Å². The molecule has 0 heterocycles. The molecular weight excluding hydrogens is 324 g/mol. The molecule has 3 nitrogen and oxygen atoms in total. The summed E-state index contributed by atoms with van der Waals surface area (Å²) in [6.07, 6.45) is 0.801. The smallest absolute Gasteiger partial charge is 0.250 e. The lowest BCUT2D eigenvalue weighted by molar-refractivity contribution is 0.112. The average Bonchev–Trinajstić information content (AvgIpc) is 2.28. The second kappa shape index (κ2) is 5.67. The predicted molar refractivity (Wildman–Crippen MR) is 83.9 cm³/mol. The lowest BCUT2D eigenvalue weighted by Crippen LogP contribution is -2.44. The molecule has 0 aromatic heterocycles. The highest BCUT2D eigenvalue weighted by Gasteiger charge is 2.40. The molecule has 0 saturated heterocycles. The van der Waals surface area contributed by atoms with Crippen LogP contribution in [0.5, 0.6) is 11.5 Å². The molecule has 0 aliphatic carbocycles. The SMILES string of the molecule is COc1cc(Br)cc(C=O)c1O[Si](C)(C)C(C)(C)C. The van der Waals surface area contributed by atoms with E-state index in [1.54, 1.807) is 13.2 Å². The molecule has 0 atom stereocenters. The summed E-state index contributed by atoms with van der Waals surface area (Å²) in [5, 5.41) is 0.0608. The van der Waals surface area contributed by atoms with Crippen LogP contribution in [0.25, 0.3) is 0 Å². The van der Waals surface area contributed by atoms with Crippen LogP contribution in [0, 0.1) is 0 Å². The minimum atomic E-state index is -2.01. The second-order valence-corrected chi connectivity index (χ2v) is 11.6. The van der Waals surface area contributed by atoms with Crippen molar-refractivity contribution in [3.63, 3.8) is 0 Å². The van der Waals surface area contributed by atoms with E-state index in [0.29, 0.717) is 17.1 Å². The Morgan fingerprint density at radius 1 is 1.26 bits per heavy atom. The van der Waals surface area contributed by atoms with Crippen LogP contribution < -0.4 is 9.16 Å². The molecule has 0 unspecified atom stereocenters. The van der Waals surface area contributed by atoms with Crippen molar-refractivity contribution in [3.8, 4) is 11.5 Å². The van der Waals surface area contributed by atoms with Crippen molar-refractivity contribution in [2.24, 2.45) is 0 Å². The first-order valence-electron chi connectivity index (χ1n) is 6.14. The van der Waals surface area contributed by atoms with Crippen molar-refractivity contribution < 1.29 is 14.0 Å². The predicted octanol–water partition coefficient (Wildman–Crippen LogP) is 4.65.